The summed E-state index contributed by atoms with van der Waals surface area (Å²) in [6.45, 7) is 17.0. The lowest BCUT2D eigenvalue weighted by Crippen LogP contribution is -2.64. The topological polar surface area (TPSA) is 20.2 Å². The Labute approximate surface area is 214 Å². The van der Waals surface area contributed by atoms with Crippen molar-refractivity contribution in [2.24, 2.45) is 51.2 Å². The van der Waals surface area contributed by atoms with Gasteiger partial charge in [-0.2, -0.15) is 0 Å². The molecule has 0 aliphatic heterocycles. The van der Waals surface area contributed by atoms with Crippen LogP contribution in [0.15, 0.2) is 36.9 Å². The smallest absolute Gasteiger partial charge is 0.115 e. The summed E-state index contributed by atoms with van der Waals surface area (Å²) in [6, 6.07) is 8.45. The molecule has 0 spiro atoms. The fourth-order valence-electron chi connectivity index (χ4n) is 11.4. The summed E-state index contributed by atoms with van der Waals surface area (Å²) in [5.41, 5.74) is 5.76. The summed E-state index contributed by atoms with van der Waals surface area (Å²) < 4.78 is 0. The number of hydrogen-bond donors (Lipinski definition) is 1. The molecule has 6 rings (SSSR count). The van der Waals surface area contributed by atoms with Crippen LogP contribution in [0.5, 0.6) is 0 Å². The molecule has 1 heteroatoms. The van der Waals surface area contributed by atoms with Gasteiger partial charge in [0.2, 0.25) is 0 Å². The van der Waals surface area contributed by atoms with Gasteiger partial charge in [0.05, 0.1) is 0 Å². The van der Waals surface area contributed by atoms with Crippen LogP contribution in [-0.4, -0.2) is 5.11 Å². The number of benzene rings is 1. The van der Waals surface area contributed by atoms with Gasteiger partial charge in [-0.05, 0) is 120 Å². The van der Waals surface area contributed by atoms with Crippen molar-refractivity contribution in [2.45, 2.75) is 98.8 Å². The van der Waals surface area contributed by atoms with E-state index in [0.29, 0.717) is 27.6 Å². The predicted molar refractivity (Wildman–Crippen MR) is 148 cm³/mol. The Kier molecular flexibility index (Phi) is 5.29. The number of rotatable bonds is 2. The first-order chi connectivity index (χ1) is 16.5. The Hall–Kier alpha value is -1.50. The zero-order valence-corrected chi connectivity index (χ0v) is 23.0. The number of aliphatic hydroxyl groups is 1. The van der Waals surface area contributed by atoms with E-state index < -0.39 is 0 Å². The average molecular weight is 473 g/mol. The first kappa shape index (κ1) is 23.9. The van der Waals surface area contributed by atoms with Crippen molar-refractivity contribution in [2.75, 3.05) is 0 Å². The molecule has 0 aromatic heterocycles. The summed E-state index contributed by atoms with van der Waals surface area (Å²) in [4.78, 5) is 0. The zero-order chi connectivity index (χ0) is 24.8. The van der Waals surface area contributed by atoms with Gasteiger partial charge in [-0.15, -0.1) is 0 Å². The van der Waals surface area contributed by atoms with E-state index in [2.05, 4.69) is 59.4 Å². The molecule has 0 amide bonds. The second-order valence-electron chi connectivity index (χ2n) is 14.6. The molecule has 4 saturated carbocycles. The first-order valence-corrected chi connectivity index (χ1v) is 14.7. The van der Waals surface area contributed by atoms with Gasteiger partial charge in [0.15, 0.2) is 0 Å². The molecule has 1 nitrogen and oxygen atoms in total. The Morgan fingerprint density at radius 2 is 1.57 bits per heavy atom. The fraction of sp³-hybridized carbons (Fsp3) is 0.706. The van der Waals surface area contributed by atoms with E-state index in [1.807, 2.05) is 12.1 Å². The third-order valence-corrected chi connectivity index (χ3v) is 13.5. The Bertz CT molecular complexity index is 1050. The maximum Gasteiger partial charge on any atom is 0.115 e. The minimum atomic E-state index is 0.158. The molecule has 5 aliphatic rings. The molecule has 35 heavy (non-hydrogen) atoms. The van der Waals surface area contributed by atoms with Crippen LogP contribution in [0.25, 0.3) is 11.3 Å². The highest BCUT2D eigenvalue weighted by Crippen LogP contribution is 2.76. The molecule has 1 N–H and O–H groups in total. The predicted octanol–water partition coefficient (Wildman–Crippen LogP) is 9.69. The van der Waals surface area contributed by atoms with E-state index in [-0.39, 0.29) is 5.76 Å². The average Bonchev–Trinajstić information content (AvgIpc) is 3.21. The largest absolute Gasteiger partial charge is 0.508 e. The van der Waals surface area contributed by atoms with Crippen LogP contribution in [0.4, 0.5) is 0 Å². The molecule has 4 fully saturated rings. The molecule has 8 unspecified atom stereocenters. The van der Waals surface area contributed by atoms with Gasteiger partial charge in [0.25, 0.3) is 0 Å². The van der Waals surface area contributed by atoms with Crippen molar-refractivity contribution < 1.29 is 5.11 Å². The number of hydrogen-bond acceptors (Lipinski definition) is 1. The van der Waals surface area contributed by atoms with Crippen molar-refractivity contribution in [3.05, 3.63) is 48.0 Å². The van der Waals surface area contributed by atoms with Gasteiger partial charge < -0.3 is 5.11 Å². The minimum Gasteiger partial charge on any atom is -0.508 e. The third kappa shape index (κ3) is 3.12. The van der Waals surface area contributed by atoms with Crippen molar-refractivity contribution >= 4 is 11.3 Å². The first-order valence-electron chi connectivity index (χ1n) is 14.7. The highest BCUT2D eigenvalue weighted by Gasteiger charge is 2.67. The van der Waals surface area contributed by atoms with Gasteiger partial charge in [-0.3, -0.25) is 0 Å². The molecular formula is C34H48O. The maximum absolute atomic E-state index is 9.76. The Morgan fingerprint density at radius 3 is 2.29 bits per heavy atom. The van der Waals surface area contributed by atoms with Crippen LogP contribution in [0.2, 0.25) is 0 Å². The summed E-state index contributed by atoms with van der Waals surface area (Å²) in [5, 5.41) is 9.76. The maximum atomic E-state index is 9.76. The molecule has 0 saturated heterocycles. The molecule has 5 aliphatic carbocycles. The standard InChI is InChI=1S/C34H48O/c1-22-26(25-11-9-24(10-12-25)23(2)35)15-18-32(4)27(22)16-19-34(6)30(32)14-13-29-28-8-7-17-31(28,3)20-21-33(29,34)5/h9-12,15,22,27-30,35H,2,7-8,13-14,16-21H2,1,3-6H3/t22?,27?,28?,29?,30?,31?,32?,33-,34?/m1/s1. The molecular weight excluding hydrogens is 424 g/mol. The number of allylic oxidation sites excluding steroid dienone is 2. The highest BCUT2D eigenvalue weighted by molar-refractivity contribution is 5.70. The Morgan fingerprint density at radius 1 is 0.829 bits per heavy atom. The van der Waals surface area contributed by atoms with Crippen LogP contribution < -0.4 is 0 Å². The van der Waals surface area contributed by atoms with Crippen molar-refractivity contribution in [1.29, 1.82) is 0 Å². The van der Waals surface area contributed by atoms with Gasteiger partial charge in [0, 0.05) is 5.56 Å². The lowest BCUT2D eigenvalue weighted by atomic mass is 9.33. The monoisotopic (exact) mass is 472 g/mol. The van der Waals surface area contributed by atoms with E-state index in [9.17, 15) is 5.11 Å². The summed E-state index contributed by atoms with van der Waals surface area (Å²) in [7, 11) is 0. The van der Waals surface area contributed by atoms with E-state index in [1.165, 1.54) is 75.3 Å². The quantitative estimate of drug-likeness (QED) is 0.425. The third-order valence-electron chi connectivity index (χ3n) is 13.5. The number of fused-ring (bicyclic) bond motifs is 7. The van der Waals surface area contributed by atoms with Gasteiger partial charge in [-0.1, -0.05) is 78.0 Å². The number of aliphatic hydroxyl groups excluding tert-OH is 1. The molecule has 0 heterocycles. The van der Waals surface area contributed by atoms with Crippen LogP contribution in [0.3, 0.4) is 0 Å². The van der Waals surface area contributed by atoms with Crippen LogP contribution in [-0.2, 0) is 0 Å². The van der Waals surface area contributed by atoms with E-state index >= 15 is 0 Å². The molecule has 1 aromatic carbocycles. The molecule has 0 radical (unpaired) electrons. The molecule has 1 aromatic rings. The summed E-state index contributed by atoms with van der Waals surface area (Å²) in [5.74, 6) is 4.31. The fourth-order valence-corrected chi connectivity index (χ4v) is 11.4. The van der Waals surface area contributed by atoms with Gasteiger partial charge in [0.1, 0.15) is 5.76 Å². The van der Waals surface area contributed by atoms with Crippen LogP contribution in [0.1, 0.15) is 110 Å². The lowest BCUT2D eigenvalue weighted by molar-refractivity contribution is -0.216. The second-order valence-corrected chi connectivity index (χ2v) is 14.6. The second kappa shape index (κ2) is 7.75. The van der Waals surface area contributed by atoms with Crippen LogP contribution >= 0.6 is 0 Å². The SMILES string of the molecule is C=C(O)c1ccc(C2=CCC3(C)C(CCC4(C)C3CCC3C5CCCC5(C)CC[C@]34C)C2C)cc1. The molecule has 0 bridgehead atoms. The minimum absolute atomic E-state index is 0.158. The van der Waals surface area contributed by atoms with E-state index in [0.717, 1.165) is 29.2 Å². The highest BCUT2D eigenvalue weighted by atomic mass is 16.3. The Balaban J connectivity index is 1.32. The van der Waals surface area contributed by atoms with E-state index in [4.69, 9.17) is 0 Å². The van der Waals surface area contributed by atoms with Gasteiger partial charge in [-0.25, -0.2) is 0 Å². The summed E-state index contributed by atoms with van der Waals surface area (Å²) in [6.07, 6.45) is 17.0. The van der Waals surface area contributed by atoms with E-state index in [1.54, 1.807) is 0 Å². The lowest BCUT2D eigenvalue weighted by Gasteiger charge is -2.71. The van der Waals surface area contributed by atoms with Gasteiger partial charge >= 0.3 is 0 Å². The van der Waals surface area contributed by atoms with Crippen molar-refractivity contribution in [3.8, 4) is 0 Å². The normalized spacial score (nSPS) is 48.7. The zero-order valence-electron chi connectivity index (χ0n) is 23.0. The molecule has 190 valence electrons. The van der Waals surface area contributed by atoms with Crippen molar-refractivity contribution in [1.82, 2.24) is 0 Å². The van der Waals surface area contributed by atoms with Crippen molar-refractivity contribution in [3.63, 3.8) is 0 Å². The van der Waals surface area contributed by atoms with Crippen LogP contribution in [0, 0.1) is 51.2 Å². The molecule has 9 atom stereocenters. The summed E-state index contributed by atoms with van der Waals surface area (Å²) >= 11 is 0.